The molecule has 3 atom stereocenters. The van der Waals surface area contributed by atoms with Crippen molar-refractivity contribution in [3.05, 3.63) is 65.2 Å². The van der Waals surface area contributed by atoms with Crippen molar-refractivity contribution < 1.29 is 50.3 Å². The van der Waals surface area contributed by atoms with Crippen molar-refractivity contribution in [1.29, 1.82) is 0 Å². The number of hydrogen-bond donors (Lipinski definition) is 2. The molecule has 1 aliphatic rings. The molecule has 15 heteroatoms. The summed E-state index contributed by atoms with van der Waals surface area (Å²) < 4.78 is 83.4. The first-order valence-corrected chi connectivity index (χ1v) is 13.2. The van der Waals surface area contributed by atoms with Gasteiger partial charge in [-0.1, -0.05) is 18.2 Å². The van der Waals surface area contributed by atoms with Crippen LogP contribution in [0.5, 0.6) is 5.75 Å². The maximum Gasteiger partial charge on any atom is 0.493 e. The van der Waals surface area contributed by atoms with Crippen LogP contribution in [0, 0.1) is 0 Å². The summed E-state index contributed by atoms with van der Waals surface area (Å²) in [4.78, 5) is 43.7. The summed E-state index contributed by atoms with van der Waals surface area (Å²) in [6.07, 6.45) is -8.65. The fourth-order valence-electron chi connectivity index (χ4n) is 4.66. The molecular formula is C28H32F6N4O5. The third-order valence-electron chi connectivity index (χ3n) is 7.00. The van der Waals surface area contributed by atoms with Crippen LogP contribution in [0.4, 0.5) is 26.3 Å². The van der Waals surface area contributed by atoms with Gasteiger partial charge in [-0.15, -0.1) is 0 Å². The van der Waals surface area contributed by atoms with E-state index in [1.54, 1.807) is 19.2 Å². The highest BCUT2D eigenvalue weighted by Gasteiger charge is 2.44. The number of carbonyl (C=O) groups is 3. The number of nitrogens with zero attached hydrogens (tertiary/aromatic N) is 2. The van der Waals surface area contributed by atoms with Crippen LogP contribution in [0.3, 0.4) is 0 Å². The summed E-state index contributed by atoms with van der Waals surface area (Å²) in [7, 11) is 5.37. The van der Waals surface area contributed by atoms with Gasteiger partial charge in [-0.3, -0.25) is 9.59 Å². The lowest BCUT2D eigenvalue weighted by atomic mass is 9.85. The fourth-order valence-corrected chi connectivity index (χ4v) is 4.66. The molecule has 9 nitrogen and oxygen atoms in total. The van der Waals surface area contributed by atoms with Crippen molar-refractivity contribution in [3.63, 3.8) is 0 Å². The average Bonchev–Trinajstić information content (AvgIpc) is 2.95. The number of ether oxygens (including phenoxy) is 1. The number of carbonyl (C=O) groups excluding carboxylic acids is 3. The Morgan fingerprint density at radius 3 is 2.21 bits per heavy atom. The molecule has 0 saturated heterocycles. The highest BCUT2D eigenvalue weighted by molar-refractivity contribution is 5.97. The van der Waals surface area contributed by atoms with E-state index in [9.17, 15) is 40.7 Å². The van der Waals surface area contributed by atoms with Crippen molar-refractivity contribution in [3.8, 4) is 5.75 Å². The quantitative estimate of drug-likeness (QED) is 0.325. The lowest BCUT2D eigenvalue weighted by Crippen LogP contribution is -2.57. The molecular weight excluding hydrogens is 586 g/mol. The SMILES string of the molecule is COc1ccc(CNC2CC(N(C)C)CCC2NC(=O)CN(OC(=O)C(F)(F)F)C(=O)c2cccc(C(F)(F)F)c2)cc1. The van der Waals surface area contributed by atoms with Gasteiger partial charge in [-0.05, 0) is 69.3 Å². The van der Waals surface area contributed by atoms with Crippen molar-refractivity contribution in [2.75, 3.05) is 27.7 Å². The second kappa shape index (κ2) is 14.1. The van der Waals surface area contributed by atoms with E-state index in [0.29, 0.717) is 43.7 Å². The van der Waals surface area contributed by atoms with Gasteiger partial charge in [0, 0.05) is 30.2 Å². The Morgan fingerprint density at radius 1 is 0.953 bits per heavy atom. The predicted octanol–water partition coefficient (Wildman–Crippen LogP) is 3.93. The van der Waals surface area contributed by atoms with Gasteiger partial charge in [0.25, 0.3) is 5.91 Å². The Labute approximate surface area is 244 Å². The summed E-state index contributed by atoms with van der Waals surface area (Å²) in [6, 6.07) is 9.44. The van der Waals surface area contributed by atoms with Gasteiger partial charge in [0.15, 0.2) is 0 Å². The molecule has 2 aromatic carbocycles. The Kier molecular flexibility index (Phi) is 11.0. The monoisotopic (exact) mass is 618 g/mol. The van der Waals surface area contributed by atoms with E-state index in [1.165, 1.54) is 0 Å². The van der Waals surface area contributed by atoms with Crippen LogP contribution in [0.2, 0.25) is 0 Å². The predicted molar refractivity (Wildman–Crippen MR) is 142 cm³/mol. The molecule has 0 heterocycles. The number of amides is 2. The van der Waals surface area contributed by atoms with Crippen LogP contribution in [-0.4, -0.2) is 79.8 Å². The molecule has 3 rings (SSSR count). The van der Waals surface area contributed by atoms with E-state index < -0.39 is 53.8 Å². The minimum atomic E-state index is -5.54. The zero-order valence-electron chi connectivity index (χ0n) is 23.6. The van der Waals surface area contributed by atoms with E-state index in [-0.39, 0.29) is 17.1 Å². The molecule has 236 valence electrons. The smallest absolute Gasteiger partial charge is 0.493 e. The number of rotatable bonds is 9. The first kappa shape index (κ1) is 33.6. The zero-order valence-corrected chi connectivity index (χ0v) is 23.6. The van der Waals surface area contributed by atoms with Crippen LogP contribution >= 0.6 is 0 Å². The minimum Gasteiger partial charge on any atom is -0.497 e. The number of halogens is 6. The number of hydrogen-bond acceptors (Lipinski definition) is 7. The van der Waals surface area contributed by atoms with Gasteiger partial charge in [-0.25, -0.2) is 4.79 Å². The van der Waals surface area contributed by atoms with Crippen molar-refractivity contribution in [1.82, 2.24) is 20.6 Å². The molecule has 0 bridgehead atoms. The van der Waals surface area contributed by atoms with Crippen LogP contribution in [0.1, 0.15) is 40.7 Å². The lowest BCUT2D eigenvalue weighted by Gasteiger charge is -2.40. The molecule has 2 aromatic rings. The highest BCUT2D eigenvalue weighted by atomic mass is 19.4. The Hall–Kier alpha value is -3.85. The molecule has 0 aromatic heterocycles. The molecule has 0 radical (unpaired) electrons. The Bertz CT molecular complexity index is 1270. The van der Waals surface area contributed by atoms with Gasteiger partial charge in [0.2, 0.25) is 5.91 Å². The molecule has 2 amide bonds. The van der Waals surface area contributed by atoms with E-state index >= 15 is 0 Å². The normalized spacial score (nSPS) is 19.1. The molecule has 3 unspecified atom stereocenters. The van der Waals surface area contributed by atoms with Gasteiger partial charge in [0.1, 0.15) is 12.3 Å². The summed E-state index contributed by atoms with van der Waals surface area (Å²) in [5.74, 6) is -4.65. The van der Waals surface area contributed by atoms with Crippen molar-refractivity contribution in [2.24, 2.45) is 0 Å². The summed E-state index contributed by atoms with van der Waals surface area (Å²) in [5, 5.41) is 5.88. The largest absolute Gasteiger partial charge is 0.497 e. The van der Waals surface area contributed by atoms with Crippen LogP contribution in [0.15, 0.2) is 48.5 Å². The third-order valence-corrected chi connectivity index (χ3v) is 7.00. The lowest BCUT2D eigenvalue weighted by molar-refractivity contribution is -0.228. The summed E-state index contributed by atoms with van der Waals surface area (Å²) in [6.45, 7) is -0.764. The standard InChI is InChI=1S/C28H32F6N4O5/c1-37(2)20-9-12-22(23(14-20)35-15-17-7-10-21(42-3)11-8-17)36-24(39)16-38(43-26(41)28(32,33)34)25(40)18-5-4-6-19(13-18)27(29,30)31/h4-8,10-11,13,20,22-23,35H,9,12,14-16H2,1-3H3,(H,36,39). The maximum atomic E-state index is 13.2. The Morgan fingerprint density at radius 2 is 1.63 bits per heavy atom. The number of benzene rings is 2. The number of alkyl halides is 6. The number of methoxy groups -OCH3 is 1. The van der Waals surface area contributed by atoms with E-state index in [2.05, 4.69) is 15.5 Å². The van der Waals surface area contributed by atoms with E-state index in [1.807, 2.05) is 31.1 Å². The van der Waals surface area contributed by atoms with E-state index in [4.69, 9.17) is 4.74 Å². The van der Waals surface area contributed by atoms with Crippen LogP contribution in [0.25, 0.3) is 0 Å². The van der Waals surface area contributed by atoms with Gasteiger partial charge < -0.3 is 25.1 Å². The molecule has 1 fully saturated rings. The molecule has 0 spiro atoms. The third kappa shape index (κ3) is 9.58. The topological polar surface area (TPSA) is 100 Å². The average molecular weight is 619 g/mol. The van der Waals surface area contributed by atoms with Gasteiger partial charge in [-0.2, -0.15) is 31.4 Å². The summed E-state index contributed by atoms with van der Waals surface area (Å²) >= 11 is 0. The van der Waals surface area contributed by atoms with E-state index in [0.717, 1.165) is 17.7 Å². The second-order valence-corrected chi connectivity index (χ2v) is 10.2. The number of nitrogens with one attached hydrogen (secondary N) is 2. The highest BCUT2D eigenvalue weighted by Crippen LogP contribution is 2.30. The molecule has 1 saturated carbocycles. The van der Waals surface area contributed by atoms with Crippen molar-refractivity contribution >= 4 is 17.8 Å². The summed E-state index contributed by atoms with van der Waals surface area (Å²) in [5.41, 5.74) is -1.06. The van der Waals surface area contributed by atoms with Gasteiger partial charge >= 0.3 is 18.3 Å². The van der Waals surface area contributed by atoms with Crippen molar-refractivity contribution in [2.45, 2.75) is 56.3 Å². The number of hydroxylamine groups is 2. The first-order valence-electron chi connectivity index (χ1n) is 13.2. The molecule has 2 N–H and O–H groups in total. The molecule has 0 aliphatic heterocycles. The zero-order chi connectivity index (χ0) is 31.9. The second-order valence-electron chi connectivity index (χ2n) is 10.2. The van der Waals surface area contributed by atoms with Crippen LogP contribution < -0.4 is 15.4 Å². The van der Waals surface area contributed by atoms with Crippen LogP contribution in [-0.2, 0) is 27.1 Å². The minimum absolute atomic E-state index is 0.160. The maximum absolute atomic E-state index is 13.2. The Balaban J connectivity index is 1.77. The molecule has 43 heavy (non-hydrogen) atoms. The first-order chi connectivity index (χ1) is 20.1. The molecule has 1 aliphatic carbocycles. The van der Waals surface area contributed by atoms with Gasteiger partial charge in [0.05, 0.1) is 12.7 Å². The fraction of sp³-hybridized carbons (Fsp3) is 0.464.